The zero-order valence-electron chi connectivity index (χ0n) is 9.87. The van der Waals surface area contributed by atoms with E-state index >= 15 is 0 Å². The molecule has 1 atom stereocenters. The van der Waals surface area contributed by atoms with E-state index in [9.17, 15) is 5.11 Å². The molecule has 3 N–H and O–H groups in total. The first-order chi connectivity index (χ1) is 8.25. The molecule has 17 heavy (non-hydrogen) atoms. The summed E-state index contributed by atoms with van der Waals surface area (Å²) in [6.07, 6.45) is 4.64. The molecule has 1 unspecified atom stereocenters. The van der Waals surface area contributed by atoms with Gasteiger partial charge in [0.15, 0.2) is 0 Å². The van der Waals surface area contributed by atoms with E-state index in [4.69, 9.17) is 0 Å². The standard InChI is InChI=1S/C14H18N2O/c17-14(5-1-6-15-10-14)9-11-2-3-13-12(8-11)4-7-16-13/h2-4,7-8,15-17H,1,5-6,9-10H2. The molecule has 0 bridgehead atoms. The maximum Gasteiger partial charge on any atom is 0.0812 e. The number of piperidine rings is 1. The third-order valence-electron chi connectivity index (χ3n) is 3.60. The van der Waals surface area contributed by atoms with Gasteiger partial charge in [-0.25, -0.2) is 0 Å². The van der Waals surface area contributed by atoms with Crippen molar-refractivity contribution in [2.45, 2.75) is 24.9 Å². The molecule has 3 rings (SSSR count). The van der Waals surface area contributed by atoms with E-state index in [1.54, 1.807) is 0 Å². The molecule has 1 fully saturated rings. The molecule has 1 aromatic carbocycles. The minimum Gasteiger partial charge on any atom is -0.388 e. The molecular weight excluding hydrogens is 212 g/mol. The second-order valence-corrected chi connectivity index (χ2v) is 5.08. The highest BCUT2D eigenvalue weighted by Crippen LogP contribution is 2.23. The predicted octanol–water partition coefficient (Wildman–Crippen LogP) is 1.82. The lowest BCUT2D eigenvalue weighted by Gasteiger charge is -2.32. The number of H-pyrrole nitrogens is 1. The van der Waals surface area contributed by atoms with E-state index in [-0.39, 0.29) is 0 Å². The van der Waals surface area contributed by atoms with Crippen LogP contribution in [-0.4, -0.2) is 28.8 Å². The summed E-state index contributed by atoms with van der Waals surface area (Å²) in [7, 11) is 0. The molecule has 3 heteroatoms. The topological polar surface area (TPSA) is 48.0 Å². The predicted molar refractivity (Wildman–Crippen MR) is 69.1 cm³/mol. The largest absolute Gasteiger partial charge is 0.388 e. The average molecular weight is 230 g/mol. The third-order valence-corrected chi connectivity index (χ3v) is 3.60. The van der Waals surface area contributed by atoms with Crippen molar-refractivity contribution in [1.82, 2.24) is 10.3 Å². The van der Waals surface area contributed by atoms with Gasteiger partial charge in [-0.3, -0.25) is 0 Å². The smallest absolute Gasteiger partial charge is 0.0812 e. The molecule has 1 aromatic heterocycles. The highest BCUT2D eigenvalue weighted by atomic mass is 16.3. The molecular formula is C14H18N2O. The fourth-order valence-corrected chi connectivity index (χ4v) is 2.70. The Bertz CT molecular complexity index is 512. The first-order valence-electron chi connectivity index (χ1n) is 6.24. The quantitative estimate of drug-likeness (QED) is 0.737. The van der Waals surface area contributed by atoms with Gasteiger partial charge in [-0.1, -0.05) is 6.07 Å². The van der Waals surface area contributed by atoms with Crippen LogP contribution in [0.5, 0.6) is 0 Å². The summed E-state index contributed by atoms with van der Waals surface area (Å²) in [4.78, 5) is 3.19. The van der Waals surface area contributed by atoms with Crippen molar-refractivity contribution in [2.75, 3.05) is 13.1 Å². The summed E-state index contributed by atoms with van der Waals surface area (Å²) in [5, 5.41) is 15.0. The lowest BCUT2D eigenvalue weighted by atomic mass is 9.87. The summed E-state index contributed by atoms with van der Waals surface area (Å²) < 4.78 is 0. The molecule has 0 spiro atoms. The van der Waals surface area contributed by atoms with E-state index in [0.717, 1.165) is 31.3 Å². The second-order valence-electron chi connectivity index (χ2n) is 5.08. The van der Waals surface area contributed by atoms with Crippen molar-refractivity contribution in [1.29, 1.82) is 0 Å². The molecule has 0 amide bonds. The Morgan fingerprint density at radius 2 is 2.24 bits per heavy atom. The maximum atomic E-state index is 10.5. The van der Waals surface area contributed by atoms with Gasteiger partial charge in [-0.2, -0.15) is 0 Å². The first-order valence-corrected chi connectivity index (χ1v) is 6.24. The van der Waals surface area contributed by atoms with Crippen molar-refractivity contribution in [3.8, 4) is 0 Å². The van der Waals surface area contributed by atoms with Crippen molar-refractivity contribution >= 4 is 10.9 Å². The SMILES string of the molecule is OC1(Cc2ccc3[nH]ccc3c2)CCCNC1. The highest BCUT2D eigenvalue weighted by molar-refractivity contribution is 5.79. The number of rotatable bonds is 2. The number of aliphatic hydroxyl groups is 1. The van der Waals surface area contributed by atoms with Gasteiger partial charge in [-0.15, -0.1) is 0 Å². The lowest BCUT2D eigenvalue weighted by Crippen LogP contribution is -2.47. The number of fused-ring (bicyclic) bond motifs is 1. The van der Waals surface area contributed by atoms with Gasteiger partial charge in [0.05, 0.1) is 5.60 Å². The summed E-state index contributed by atoms with van der Waals surface area (Å²) in [6, 6.07) is 8.43. The minimum absolute atomic E-state index is 0.567. The van der Waals surface area contributed by atoms with Crippen molar-refractivity contribution in [2.24, 2.45) is 0 Å². The lowest BCUT2D eigenvalue weighted by molar-refractivity contribution is 0.0170. The van der Waals surface area contributed by atoms with Crippen LogP contribution < -0.4 is 5.32 Å². The minimum atomic E-state index is -0.567. The van der Waals surface area contributed by atoms with Crippen molar-refractivity contribution in [3.05, 3.63) is 36.0 Å². The first kappa shape index (κ1) is 10.8. The average Bonchev–Trinajstić information content (AvgIpc) is 2.76. The molecule has 90 valence electrons. The van der Waals surface area contributed by atoms with Crippen LogP contribution in [-0.2, 0) is 6.42 Å². The van der Waals surface area contributed by atoms with Gasteiger partial charge in [0.25, 0.3) is 0 Å². The van der Waals surface area contributed by atoms with Crippen molar-refractivity contribution in [3.63, 3.8) is 0 Å². The molecule has 2 heterocycles. The number of aromatic amines is 1. The Labute approximate surface area is 101 Å². The fraction of sp³-hybridized carbons (Fsp3) is 0.429. The molecule has 0 aliphatic carbocycles. The van der Waals surface area contributed by atoms with Crippen LogP contribution >= 0.6 is 0 Å². The number of hydrogen-bond acceptors (Lipinski definition) is 2. The van der Waals surface area contributed by atoms with Gasteiger partial charge in [0, 0.05) is 24.7 Å². The van der Waals surface area contributed by atoms with Crippen LogP contribution in [0.15, 0.2) is 30.5 Å². The summed E-state index contributed by atoms with van der Waals surface area (Å²) in [5.41, 5.74) is 1.80. The Kier molecular flexibility index (Phi) is 2.65. The maximum absolute atomic E-state index is 10.5. The van der Waals surface area contributed by atoms with E-state index in [1.807, 2.05) is 6.20 Å². The Hall–Kier alpha value is -1.32. The summed E-state index contributed by atoms with van der Waals surface area (Å²) in [6.45, 7) is 1.73. The second kappa shape index (κ2) is 4.17. The van der Waals surface area contributed by atoms with Crippen LogP contribution in [0.2, 0.25) is 0 Å². The Morgan fingerprint density at radius 3 is 3.06 bits per heavy atom. The van der Waals surface area contributed by atoms with Gasteiger partial charge in [0.2, 0.25) is 0 Å². The number of hydrogen-bond donors (Lipinski definition) is 3. The zero-order chi connectivity index (χ0) is 11.7. The molecule has 2 aromatic rings. The van der Waals surface area contributed by atoms with Crippen LogP contribution in [0.25, 0.3) is 10.9 Å². The van der Waals surface area contributed by atoms with Crippen LogP contribution in [0.4, 0.5) is 0 Å². The number of benzene rings is 1. The number of nitrogens with one attached hydrogen (secondary N) is 2. The van der Waals surface area contributed by atoms with Crippen LogP contribution in [0.1, 0.15) is 18.4 Å². The third kappa shape index (κ3) is 2.21. The number of β-amino-alcohol motifs (C(OH)–C–C–N with tert-alkyl or cyclic N) is 1. The van der Waals surface area contributed by atoms with Crippen molar-refractivity contribution < 1.29 is 5.11 Å². The molecule has 1 saturated heterocycles. The Balaban J connectivity index is 1.83. The van der Waals surface area contributed by atoms with E-state index < -0.39 is 5.60 Å². The van der Waals surface area contributed by atoms with Gasteiger partial charge in [0.1, 0.15) is 0 Å². The molecule has 1 aliphatic rings. The molecule has 0 radical (unpaired) electrons. The van der Waals surface area contributed by atoms with Gasteiger partial charge < -0.3 is 15.4 Å². The van der Waals surface area contributed by atoms with E-state index in [2.05, 4.69) is 34.6 Å². The van der Waals surface area contributed by atoms with Crippen LogP contribution in [0.3, 0.4) is 0 Å². The number of aromatic nitrogens is 1. The van der Waals surface area contributed by atoms with E-state index in [0.29, 0.717) is 6.54 Å². The van der Waals surface area contributed by atoms with Gasteiger partial charge >= 0.3 is 0 Å². The molecule has 0 saturated carbocycles. The molecule has 3 nitrogen and oxygen atoms in total. The molecule has 1 aliphatic heterocycles. The van der Waals surface area contributed by atoms with E-state index in [1.165, 1.54) is 10.9 Å². The zero-order valence-corrected chi connectivity index (χ0v) is 9.87. The normalized spacial score (nSPS) is 25.2. The highest BCUT2D eigenvalue weighted by Gasteiger charge is 2.29. The summed E-state index contributed by atoms with van der Waals surface area (Å²) in [5.74, 6) is 0. The fourth-order valence-electron chi connectivity index (χ4n) is 2.70. The monoisotopic (exact) mass is 230 g/mol. The Morgan fingerprint density at radius 1 is 1.29 bits per heavy atom. The summed E-state index contributed by atoms with van der Waals surface area (Å²) >= 11 is 0. The van der Waals surface area contributed by atoms with Crippen LogP contribution in [0, 0.1) is 0 Å². The van der Waals surface area contributed by atoms with Gasteiger partial charge in [-0.05, 0) is 48.5 Å².